The number of hydrogen-bond acceptors (Lipinski definition) is 3. The van der Waals surface area contributed by atoms with Crippen molar-refractivity contribution in [3.63, 3.8) is 0 Å². The van der Waals surface area contributed by atoms with Crippen LogP contribution in [-0.4, -0.2) is 26.6 Å². The van der Waals surface area contributed by atoms with Crippen molar-refractivity contribution in [1.82, 2.24) is 24.9 Å². The van der Waals surface area contributed by atoms with Gasteiger partial charge in [0.05, 0.1) is 28.1 Å². The molecule has 0 saturated carbocycles. The molecule has 0 aliphatic carbocycles. The summed E-state index contributed by atoms with van der Waals surface area (Å²) in [5.74, 6) is 0. The van der Waals surface area contributed by atoms with Gasteiger partial charge in [0.15, 0.2) is 0 Å². The predicted octanol–water partition coefficient (Wildman–Crippen LogP) is 2.50. The van der Waals surface area contributed by atoms with Crippen LogP contribution in [0.15, 0.2) is 10.7 Å². The van der Waals surface area contributed by atoms with E-state index in [0.29, 0.717) is 0 Å². The van der Waals surface area contributed by atoms with Gasteiger partial charge in [0.25, 0.3) is 0 Å². The lowest BCUT2D eigenvalue weighted by Gasteiger charge is -2.05. The van der Waals surface area contributed by atoms with Crippen LogP contribution in [0.2, 0.25) is 0 Å². The molecule has 0 aliphatic rings. The molecular formula is C14H22BrN5. The third-order valence-corrected chi connectivity index (χ3v) is 4.34. The molecule has 0 radical (unpaired) electrons. The Morgan fingerprint density at radius 3 is 2.65 bits per heavy atom. The molecule has 20 heavy (non-hydrogen) atoms. The first-order valence-electron chi connectivity index (χ1n) is 7.02. The van der Waals surface area contributed by atoms with E-state index in [1.807, 2.05) is 18.7 Å². The smallest absolute Gasteiger partial charge is 0.0840 e. The molecule has 5 nitrogen and oxygen atoms in total. The van der Waals surface area contributed by atoms with Crippen molar-refractivity contribution in [2.45, 2.75) is 46.8 Å². The van der Waals surface area contributed by atoms with Gasteiger partial charge in [0.1, 0.15) is 0 Å². The summed E-state index contributed by atoms with van der Waals surface area (Å²) < 4.78 is 5.16. The lowest BCUT2D eigenvalue weighted by atomic mass is 10.2. The van der Waals surface area contributed by atoms with Gasteiger partial charge in [-0.1, -0.05) is 6.92 Å². The van der Waals surface area contributed by atoms with Crippen LogP contribution >= 0.6 is 15.9 Å². The van der Waals surface area contributed by atoms with Crippen molar-refractivity contribution in [3.05, 3.63) is 33.3 Å². The SMILES string of the molecule is CCc1nn(CC)c(Cn2cc(CNC)c(C)n2)c1Br. The molecule has 1 N–H and O–H groups in total. The van der Waals surface area contributed by atoms with Gasteiger partial charge in [-0.3, -0.25) is 9.36 Å². The first-order valence-corrected chi connectivity index (χ1v) is 7.81. The summed E-state index contributed by atoms with van der Waals surface area (Å²) in [5.41, 5.74) is 4.61. The zero-order valence-electron chi connectivity index (χ0n) is 12.6. The molecule has 0 atom stereocenters. The average Bonchev–Trinajstić information content (AvgIpc) is 2.93. The third kappa shape index (κ3) is 2.96. The van der Waals surface area contributed by atoms with Crippen molar-refractivity contribution in [2.75, 3.05) is 7.05 Å². The summed E-state index contributed by atoms with van der Waals surface area (Å²) in [6.07, 6.45) is 3.04. The van der Waals surface area contributed by atoms with Gasteiger partial charge in [-0.05, 0) is 43.2 Å². The number of aryl methyl sites for hydroxylation is 3. The maximum absolute atomic E-state index is 4.62. The zero-order chi connectivity index (χ0) is 14.7. The summed E-state index contributed by atoms with van der Waals surface area (Å²) in [6.45, 7) is 8.75. The summed E-state index contributed by atoms with van der Waals surface area (Å²) in [6, 6.07) is 0. The summed E-state index contributed by atoms with van der Waals surface area (Å²) in [5, 5.41) is 12.4. The van der Waals surface area contributed by atoms with Crippen LogP contribution in [0.1, 0.15) is 36.5 Å². The van der Waals surface area contributed by atoms with E-state index in [-0.39, 0.29) is 0 Å². The monoisotopic (exact) mass is 339 g/mol. The zero-order valence-corrected chi connectivity index (χ0v) is 14.2. The van der Waals surface area contributed by atoms with Crippen molar-refractivity contribution >= 4 is 15.9 Å². The van der Waals surface area contributed by atoms with Crippen LogP contribution < -0.4 is 5.32 Å². The molecule has 0 aliphatic heterocycles. The highest BCUT2D eigenvalue weighted by Gasteiger charge is 2.15. The Morgan fingerprint density at radius 1 is 1.30 bits per heavy atom. The Kier molecular flexibility index (Phi) is 4.99. The van der Waals surface area contributed by atoms with Crippen molar-refractivity contribution in [1.29, 1.82) is 0 Å². The minimum atomic E-state index is 0.742. The first-order chi connectivity index (χ1) is 9.60. The highest BCUT2D eigenvalue weighted by molar-refractivity contribution is 9.10. The molecule has 0 fully saturated rings. The number of rotatable bonds is 6. The van der Waals surface area contributed by atoms with Crippen LogP contribution in [-0.2, 0) is 26.1 Å². The normalized spacial score (nSPS) is 11.2. The predicted molar refractivity (Wildman–Crippen MR) is 83.8 cm³/mol. The molecule has 2 heterocycles. The number of hydrogen-bond donors (Lipinski definition) is 1. The Balaban J connectivity index is 2.29. The maximum atomic E-state index is 4.62. The van der Waals surface area contributed by atoms with E-state index in [1.54, 1.807) is 0 Å². The Hall–Kier alpha value is -1.14. The van der Waals surface area contributed by atoms with Crippen molar-refractivity contribution in [3.8, 4) is 0 Å². The van der Waals surface area contributed by atoms with Crippen LogP contribution in [0.4, 0.5) is 0 Å². The molecule has 2 rings (SSSR count). The Morgan fingerprint density at radius 2 is 2.05 bits per heavy atom. The molecule has 0 spiro atoms. The van der Waals surface area contributed by atoms with E-state index in [2.05, 4.69) is 56.2 Å². The standard InChI is InChI=1S/C14H22BrN5/c1-5-12-14(15)13(20(6-2)18-12)9-19-8-11(7-16-4)10(3)17-19/h8,16H,5-7,9H2,1-4H3. The Bertz CT molecular complexity index is 585. The van der Waals surface area contributed by atoms with E-state index in [4.69, 9.17) is 0 Å². The summed E-state index contributed by atoms with van der Waals surface area (Å²) >= 11 is 3.68. The van der Waals surface area contributed by atoms with Gasteiger partial charge >= 0.3 is 0 Å². The molecule has 2 aromatic heterocycles. The Labute approximate surface area is 128 Å². The van der Waals surface area contributed by atoms with Crippen LogP contribution in [0.5, 0.6) is 0 Å². The number of nitrogens with one attached hydrogen (secondary N) is 1. The van der Waals surface area contributed by atoms with E-state index >= 15 is 0 Å². The molecule has 6 heteroatoms. The number of aromatic nitrogens is 4. The highest BCUT2D eigenvalue weighted by Crippen LogP contribution is 2.23. The van der Waals surface area contributed by atoms with E-state index < -0.39 is 0 Å². The molecule has 0 aromatic carbocycles. The maximum Gasteiger partial charge on any atom is 0.0840 e. The van der Waals surface area contributed by atoms with Gasteiger partial charge < -0.3 is 5.32 Å². The molecule has 2 aromatic rings. The highest BCUT2D eigenvalue weighted by atomic mass is 79.9. The molecule has 0 bridgehead atoms. The second-order valence-corrected chi connectivity index (χ2v) is 5.64. The fraction of sp³-hybridized carbons (Fsp3) is 0.571. The average molecular weight is 340 g/mol. The molecular weight excluding hydrogens is 318 g/mol. The molecule has 0 unspecified atom stereocenters. The van der Waals surface area contributed by atoms with E-state index in [9.17, 15) is 0 Å². The first kappa shape index (κ1) is 15.3. The van der Waals surface area contributed by atoms with Crippen LogP contribution in [0, 0.1) is 6.92 Å². The minimum absolute atomic E-state index is 0.742. The van der Waals surface area contributed by atoms with E-state index in [1.165, 1.54) is 11.3 Å². The quantitative estimate of drug-likeness (QED) is 0.879. The molecule has 0 amide bonds. The van der Waals surface area contributed by atoms with Crippen molar-refractivity contribution in [2.24, 2.45) is 0 Å². The topological polar surface area (TPSA) is 47.7 Å². The van der Waals surface area contributed by atoms with Crippen LogP contribution in [0.25, 0.3) is 0 Å². The second kappa shape index (κ2) is 6.54. The van der Waals surface area contributed by atoms with Crippen molar-refractivity contribution < 1.29 is 0 Å². The number of halogens is 1. The molecule has 110 valence electrons. The van der Waals surface area contributed by atoms with E-state index in [0.717, 1.165) is 41.9 Å². The summed E-state index contributed by atoms with van der Waals surface area (Å²) in [4.78, 5) is 0. The third-order valence-electron chi connectivity index (χ3n) is 3.42. The van der Waals surface area contributed by atoms with Gasteiger partial charge in [-0.15, -0.1) is 0 Å². The minimum Gasteiger partial charge on any atom is -0.316 e. The second-order valence-electron chi connectivity index (χ2n) is 4.84. The fourth-order valence-electron chi connectivity index (χ4n) is 2.33. The number of nitrogens with zero attached hydrogens (tertiary/aromatic N) is 4. The van der Waals surface area contributed by atoms with Crippen LogP contribution in [0.3, 0.4) is 0 Å². The van der Waals surface area contributed by atoms with Gasteiger partial charge in [0, 0.05) is 24.8 Å². The fourth-order valence-corrected chi connectivity index (χ4v) is 3.02. The van der Waals surface area contributed by atoms with Gasteiger partial charge in [-0.2, -0.15) is 10.2 Å². The summed E-state index contributed by atoms with van der Waals surface area (Å²) in [7, 11) is 1.95. The lowest BCUT2D eigenvalue weighted by molar-refractivity contribution is 0.571. The lowest BCUT2D eigenvalue weighted by Crippen LogP contribution is -2.09. The largest absolute Gasteiger partial charge is 0.316 e. The van der Waals surface area contributed by atoms with Gasteiger partial charge in [0.2, 0.25) is 0 Å². The molecule has 0 saturated heterocycles. The van der Waals surface area contributed by atoms with Gasteiger partial charge in [-0.25, -0.2) is 0 Å².